The molecule has 1 heterocycles. The quantitative estimate of drug-likeness (QED) is 0.800. The topological polar surface area (TPSA) is 68.0 Å². The van der Waals surface area contributed by atoms with Gasteiger partial charge in [-0.2, -0.15) is 0 Å². The molecule has 0 fully saturated rings. The Morgan fingerprint density at radius 3 is 2.69 bits per heavy atom. The summed E-state index contributed by atoms with van der Waals surface area (Å²) in [6.45, 7) is 6.05. The molecule has 0 saturated heterocycles. The van der Waals surface area contributed by atoms with Gasteiger partial charge in [-0.25, -0.2) is 4.98 Å². The second-order valence-corrected chi connectivity index (χ2v) is 5.34. The summed E-state index contributed by atoms with van der Waals surface area (Å²) in [6, 6.07) is 0. The second kappa shape index (κ2) is 5.36. The van der Waals surface area contributed by atoms with Crippen LogP contribution >= 0.6 is 23.6 Å². The Hall–Kier alpha value is -1.01. The molecule has 0 aromatic carbocycles. The van der Waals surface area contributed by atoms with Crippen LogP contribution in [0.25, 0.3) is 0 Å². The fraction of sp³-hybridized carbons (Fsp3) is 0.500. The van der Waals surface area contributed by atoms with Gasteiger partial charge in [0, 0.05) is 12.5 Å². The molecule has 3 N–H and O–H groups in total. The minimum absolute atomic E-state index is 0.00766. The summed E-state index contributed by atoms with van der Waals surface area (Å²) in [4.78, 5) is 17.1. The van der Waals surface area contributed by atoms with Crippen LogP contribution in [0, 0.1) is 19.8 Å². The monoisotopic (exact) mass is 257 g/mol. The van der Waals surface area contributed by atoms with Gasteiger partial charge in [0.2, 0.25) is 0 Å². The molecule has 0 aliphatic rings. The number of nitrogens with two attached hydrogens (primary N) is 1. The smallest absolute Gasteiger partial charge is 0.263 e. The molecule has 88 valence electrons. The molecule has 0 saturated carbocycles. The van der Waals surface area contributed by atoms with Gasteiger partial charge in [0.05, 0.1) is 15.7 Å². The van der Waals surface area contributed by atoms with Gasteiger partial charge in [-0.05, 0) is 13.8 Å². The van der Waals surface area contributed by atoms with E-state index in [9.17, 15) is 4.79 Å². The molecule has 1 atom stereocenters. The third kappa shape index (κ3) is 3.24. The van der Waals surface area contributed by atoms with Crippen LogP contribution in [-0.2, 0) is 0 Å². The van der Waals surface area contributed by atoms with Gasteiger partial charge in [0.15, 0.2) is 0 Å². The number of aromatic nitrogens is 1. The van der Waals surface area contributed by atoms with E-state index in [0.717, 1.165) is 10.7 Å². The van der Waals surface area contributed by atoms with E-state index in [0.29, 0.717) is 16.4 Å². The van der Waals surface area contributed by atoms with Crippen molar-refractivity contribution in [1.29, 1.82) is 0 Å². The highest BCUT2D eigenvalue weighted by Gasteiger charge is 2.14. The Kier molecular flexibility index (Phi) is 4.37. The molecule has 0 aliphatic carbocycles. The molecule has 1 unspecified atom stereocenters. The number of nitrogens with one attached hydrogen (secondary N) is 1. The first kappa shape index (κ1) is 13.1. The molecule has 0 aliphatic heterocycles. The van der Waals surface area contributed by atoms with Crippen LogP contribution in [0.2, 0.25) is 0 Å². The maximum atomic E-state index is 11.8. The maximum absolute atomic E-state index is 11.8. The van der Waals surface area contributed by atoms with Crippen molar-refractivity contribution in [1.82, 2.24) is 10.3 Å². The average Bonchev–Trinajstić information content (AvgIpc) is 2.53. The van der Waals surface area contributed by atoms with Crippen LogP contribution in [0.5, 0.6) is 0 Å². The average molecular weight is 257 g/mol. The molecule has 0 spiro atoms. The Morgan fingerprint density at radius 1 is 1.62 bits per heavy atom. The Bertz CT molecular complexity index is 414. The molecule has 16 heavy (non-hydrogen) atoms. The lowest BCUT2D eigenvalue weighted by Crippen LogP contribution is -2.33. The molecule has 6 heteroatoms. The highest BCUT2D eigenvalue weighted by molar-refractivity contribution is 7.80. The van der Waals surface area contributed by atoms with E-state index in [-0.39, 0.29) is 11.8 Å². The molecule has 0 bridgehead atoms. The van der Waals surface area contributed by atoms with Gasteiger partial charge in [-0.15, -0.1) is 11.3 Å². The number of carbonyl (C=O) groups excluding carboxylic acids is 1. The number of thiocarbonyl (C=S) groups is 1. The number of hydrogen-bond donors (Lipinski definition) is 2. The zero-order valence-corrected chi connectivity index (χ0v) is 11.2. The molecule has 1 amide bonds. The summed E-state index contributed by atoms with van der Waals surface area (Å²) in [5.74, 6) is -0.0977. The van der Waals surface area contributed by atoms with E-state index in [1.165, 1.54) is 11.3 Å². The number of thiazole rings is 1. The zero-order valence-electron chi connectivity index (χ0n) is 9.53. The van der Waals surface area contributed by atoms with Crippen molar-refractivity contribution in [3.05, 3.63) is 15.6 Å². The van der Waals surface area contributed by atoms with Gasteiger partial charge in [0.25, 0.3) is 5.91 Å². The summed E-state index contributed by atoms with van der Waals surface area (Å²) in [7, 11) is 0. The summed E-state index contributed by atoms with van der Waals surface area (Å²) < 4.78 is 0. The first-order chi connectivity index (χ1) is 7.41. The van der Waals surface area contributed by atoms with E-state index in [1.807, 2.05) is 20.8 Å². The minimum atomic E-state index is -0.105. The van der Waals surface area contributed by atoms with Crippen molar-refractivity contribution < 1.29 is 4.79 Å². The van der Waals surface area contributed by atoms with E-state index >= 15 is 0 Å². The fourth-order valence-corrected chi connectivity index (χ4v) is 2.09. The highest BCUT2D eigenvalue weighted by Crippen LogP contribution is 2.16. The van der Waals surface area contributed by atoms with E-state index in [2.05, 4.69) is 10.3 Å². The van der Waals surface area contributed by atoms with Crippen molar-refractivity contribution in [2.75, 3.05) is 6.54 Å². The van der Waals surface area contributed by atoms with Crippen LogP contribution < -0.4 is 11.1 Å². The summed E-state index contributed by atoms with van der Waals surface area (Å²) in [6.07, 6.45) is 0. The van der Waals surface area contributed by atoms with Gasteiger partial charge < -0.3 is 11.1 Å². The van der Waals surface area contributed by atoms with Crippen LogP contribution in [0.4, 0.5) is 0 Å². The van der Waals surface area contributed by atoms with Crippen LogP contribution in [-0.4, -0.2) is 22.4 Å². The normalized spacial score (nSPS) is 12.2. The number of nitrogens with zero attached hydrogens (tertiary/aromatic N) is 1. The van der Waals surface area contributed by atoms with Gasteiger partial charge in [-0.1, -0.05) is 19.1 Å². The van der Waals surface area contributed by atoms with Gasteiger partial charge >= 0.3 is 0 Å². The van der Waals surface area contributed by atoms with Crippen LogP contribution in [0.3, 0.4) is 0 Å². The second-order valence-electron chi connectivity index (χ2n) is 3.66. The van der Waals surface area contributed by atoms with Crippen molar-refractivity contribution in [3.63, 3.8) is 0 Å². The molecule has 0 radical (unpaired) electrons. The maximum Gasteiger partial charge on any atom is 0.263 e. The van der Waals surface area contributed by atoms with Crippen molar-refractivity contribution >= 4 is 34.5 Å². The van der Waals surface area contributed by atoms with Gasteiger partial charge in [0.1, 0.15) is 4.88 Å². The van der Waals surface area contributed by atoms with E-state index in [4.69, 9.17) is 18.0 Å². The number of hydrogen-bond acceptors (Lipinski definition) is 4. The predicted octanol–water partition coefficient (Wildman–Crippen LogP) is 1.41. The standard InChI is InChI=1S/C10H15N3OS2/c1-5(9(11)15)4-12-10(14)8-6(2)13-7(3)16-8/h5H,4H2,1-3H3,(H2,11,15)(H,12,14). The van der Waals surface area contributed by atoms with E-state index < -0.39 is 0 Å². The lowest BCUT2D eigenvalue weighted by Gasteiger charge is -2.10. The number of rotatable bonds is 4. The largest absolute Gasteiger partial charge is 0.393 e. The lowest BCUT2D eigenvalue weighted by molar-refractivity contribution is 0.0954. The molecule has 1 rings (SSSR count). The summed E-state index contributed by atoms with van der Waals surface area (Å²) in [5.41, 5.74) is 6.23. The first-order valence-corrected chi connectivity index (χ1v) is 6.15. The first-order valence-electron chi connectivity index (χ1n) is 4.93. The molecule has 1 aromatic rings. The van der Waals surface area contributed by atoms with Crippen molar-refractivity contribution in [2.45, 2.75) is 20.8 Å². The number of aryl methyl sites for hydroxylation is 2. The number of amides is 1. The number of carbonyl (C=O) groups is 1. The third-order valence-electron chi connectivity index (χ3n) is 2.16. The van der Waals surface area contributed by atoms with Crippen molar-refractivity contribution in [2.24, 2.45) is 11.7 Å². The van der Waals surface area contributed by atoms with Crippen LogP contribution in [0.15, 0.2) is 0 Å². The molecular weight excluding hydrogens is 242 g/mol. The third-order valence-corrected chi connectivity index (χ3v) is 3.64. The Labute approximate surface area is 104 Å². The van der Waals surface area contributed by atoms with Crippen LogP contribution in [0.1, 0.15) is 27.3 Å². The summed E-state index contributed by atoms with van der Waals surface area (Å²) in [5, 5.41) is 3.69. The minimum Gasteiger partial charge on any atom is -0.393 e. The Morgan fingerprint density at radius 2 is 2.25 bits per heavy atom. The fourth-order valence-electron chi connectivity index (χ4n) is 1.17. The summed E-state index contributed by atoms with van der Waals surface area (Å²) >= 11 is 6.23. The molecule has 1 aromatic heterocycles. The van der Waals surface area contributed by atoms with E-state index in [1.54, 1.807) is 0 Å². The SMILES string of the molecule is Cc1nc(C)c(C(=O)NCC(C)C(N)=S)s1. The van der Waals surface area contributed by atoms with Crippen molar-refractivity contribution in [3.8, 4) is 0 Å². The zero-order chi connectivity index (χ0) is 12.3. The Balaban J connectivity index is 2.60. The van der Waals surface area contributed by atoms with Gasteiger partial charge in [-0.3, -0.25) is 4.79 Å². The molecule has 4 nitrogen and oxygen atoms in total. The lowest BCUT2D eigenvalue weighted by atomic mass is 10.2. The highest BCUT2D eigenvalue weighted by atomic mass is 32.1. The molecular formula is C10H15N3OS2. The predicted molar refractivity (Wildman–Crippen MR) is 69.9 cm³/mol.